The monoisotopic (exact) mass is 256 g/mol. The lowest BCUT2D eigenvalue weighted by molar-refractivity contribution is -0.386. The number of hydrogen-bond acceptors (Lipinski definition) is 4. The lowest BCUT2D eigenvalue weighted by atomic mass is 10.1. The fourth-order valence-electron chi connectivity index (χ4n) is 1.83. The molecule has 0 bridgehead atoms. The van der Waals surface area contributed by atoms with Crippen molar-refractivity contribution in [3.63, 3.8) is 0 Å². The number of nitro benzene ring substituents is 1. The van der Waals surface area contributed by atoms with Crippen LogP contribution in [0.5, 0.6) is 5.75 Å². The molecule has 0 aromatic heterocycles. The number of nitrogens with zero attached hydrogens (tertiary/aromatic N) is 1. The van der Waals surface area contributed by atoms with E-state index < -0.39 is 4.92 Å². The Balaban J connectivity index is 2.17. The van der Waals surface area contributed by atoms with Crippen LogP contribution < -0.4 is 10.1 Å². The van der Waals surface area contributed by atoms with Crippen molar-refractivity contribution in [1.29, 1.82) is 0 Å². The molecule has 1 N–H and O–H groups in total. The molecule has 92 valence electrons. The van der Waals surface area contributed by atoms with Gasteiger partial charge in [0.2, 0.25) is 0 Å². The minimum atomic E-state index is -0.456. The third kappa shape index (κ3) is 3.08. The van der Waals surface area contributed by atoms with Gasteiger partial charge in [-0.1, -0.05) is 11.6 Å². The van der Waals surface area contributed by atoms with Crippen molar-refractivity contribution in [3.8, 4) is 5.75 Å². The summed E-state index contributed by atoms with van der Waals surface area (Å²) >= 11 is 5.82. The minimum Gasteiger partial charge on any atom is -0.482 e. The van der Waals surface area contributed by atoms with Gasteiger partial charge in [-0.2, -0.15) is 0 Å². The zero-order chi connectivity index (χ0) is 12.3. The van der Waals surface area contributed by atoms with Gasteiger partial charge in [0.25, 0.3) is 0 Å². The number of piperidine rings is 1. The van der Waals surface area contributed by atoms with Gasteiger partial charge < -0.3 is 10.1 Å². The first-order valence-electron chi connectivity index (χ1n) is 5.48. The van der Waals surface area contributed by atoms with E-state index >= 15 is 0 Å². The number of halogens is 1. The van der Waals surface area contributed by atoms with E-state index in [1.807, 2.05) is 0 Å². The zero-order valence-corrected chi connectivity index (χ0v) is 9.94. The molecule has 1 aromatic rings. The quantitative estimate of drug-likeness (QED) is 0.666. The third-order valence-electron chi connectivity index (χ3n) is 2.66. The highest BCUT2D eigenvalue weighted by Crippen LogP contribution is 2.31. The average molecular weight is 257 g/mol. The van der Waals surface area contributed by atoms with E-state index in [4.69, 9.17) is 16.3 Å². The van der Waals surface area contributed by atoms with Crippen LogP contribution >= 0.6 is 11.6 Å². The van der Waals surface area contributed by atoms with E-state index in [0.29, 0.717) is 11.6 Å². The topological polar surface area (TPSA) is 64.4 Å². The van der Waals surface area contributed by atoms with E-state index in [1.54, 1.807) is 0 Å². The number of rotatable bonds is 3. The Bertz CT molecular complexity index is 419. The number of hydrogen-bond donors (Lipinski definition) is 1. The molecule has 0 spiro atoms. The molecule has 1 fully saturated rings. The second kappa shape index (κ2) is 5.33. The Morgan fingerprint density at radius 1 is 1.53 bits per heavy atom. The molecule has 6 heteroatoms. The lowest BCUT2D eigenvalue weighted by Gasteiger charge is -2.23. The van der Waals surface area contributed by atoms with Gasteiger partial charge in [0, 0.05) is 23.7 Å². The maximum atomic E-state index is 10.8. The Morgan fingerprint density at radius 2 is 2.35 bits per heavy atom. The molecule has 0 radical (unpaired) electrons. The SMILES string of the molecule is O=[N+]([O-])c1ccc(Cl)cc1O[C@H]1CCCNC1. The largest absolute Gasteiger partial charge is 0.482 e. The summed E-state index contributed by atoms with van der Waals surface area (Å²) in [5.74, 6) is 0.246. The lowest BCUT2D eigenvalue weighted by Crippen LogP contribution is -2.37. The van der Waals surface area contributed by atoms with E-state index in [1.165, 1.54) is 18.2 Å². The van der Waals surface area contributed by atoms with Crippen molar-refractivity contribution in [2.75, 3.05) is 13.1 Å². The molecule has 1 aliphatic rings. The molecular weight excluding hydrogens is 244 g/mol. The van der Waals surface area contributed by atoms with Crippen LogP contribution in [-0.2, 0) is 0 Å². The Labute approximate surface area is 104 Å². The second-order valence-electron chi connectivity index (χ2n) is 3.96. The normalized spacial score (nSPS) is 19.9. The molecule has 2 rings (SSSR count). The molecular formula is C11H13ClN2O3. The van der Waals surface area contributed by atoms with Crippen LogP contribution in [0.15, 0.2) is 18.2 Å². The fraction of sp³-hybridized carbons (Fsp3) is 0.455. The Kier molecular flexibility index (Phi) is 3.81. The second-order valence-corrected chi connectivity index (χ2v) is 4.39. The summed E-state index contributed by atoms with van der Waals surface area (Å²) in [5.41, 5.74) is -0.0417. The van der Waals surface area contributed by atoms with Crippen molar-refractivity contribution in [2.24, 2.45) is 0 Å². The maximum absolute atomic E-state index is 10.8. The molecule has 1 saturated heterocycles. The first kappa shape index (κ1) is 12.1. The third-order valence-corrected chi connectivity index (χ3v) is 2.90. The number of benzene rings is 1. The molecule has 1 heterocycles. The molecule has 1 aromatic carbocycles. The molecule has 1 aliphatic heterocycles. The summed E-state index contributed by atoms with van der Waals surface area (Å²) in [5, 5.41) is 14.5. The first-order chi connectivity index (χ1) is 8.16. The highest BCUT2D eigenvalue weighted by molar-refractivity contribution is 6.30. The van der Waals surface area contributed by atoms with E-state index in [-0.39, 0.29) is 17.5 Å². The standard InChI is InChI=1S/C11H13ClN2O3/c12-8-3-4-10(14(15)16)11(6-8)17-9-2-1-5-13-7-9/h3-4,6,9,13H,1-2,5,7H2/t9-/m0/s1. The van der Waals surface area contributed by atoms with Gasteiger partial charge in [-0.15, -0.1) is 0 Å². The number of ether oxygens (including phenoxy) is 1. The van der Waals surface area contributed by atoms with Crippen LogP contribution in [0.3, 0.4) is 0 Å². The zero-order valence-electron chi connectivity index (χ0n) is 9.19. The van der Waals surface area contributed by atoms with Gasteiger partial charge in [-0.05, 0) is 25.5 Å². The van der Waals surface area contributed by atoms with Crippen LogP contribution in [0.4, 0.5) is 5.69 Å². The van der Waals surface area contributed by atoms with Crippen LogP contribution in [0.1, 0.15) is 12.8 Å². The Hall–Kier alpha value is -1.33. The van der Waals surface area contributed by atoms with Gasteiger partial charge in [0.05, 0.1) is 4.92 Å². The van der Waals surface area contributed by atoms with Gasteiger partial charge >= 0.3 is 5.69 Å². The first-order valence-corrected chi connectivity index (χ1v) is 5.86. The Morgan fingerprint density at radius 3 is 3.00 bits per heavy atom. The van der Waals surface area contributed by atoms with Crippen LogP contribution in [0.25, 0.3) is 0 Å². The molecule has 1 atom stereocenters. The molecule has 0 saturated carbocycles. The number of nitro groups is 1. The molecule has 0 aliphatic carbocycles. The summed E-state index contributed by atoms with van der Waals surface area (Å²) in [4.78, 5) is 10.4. The highest BCUT2D eigenvalue weighted by atomic mass is 35.5. The molecule has 5 nitrogen and oxygen atoms in total. The average Bonchev–Trinajstić information content (AvgIpc) is 2.30. The van der Waals surface area contributed by atoms with Crippen LogP contribution in [-0.4, -0.2) is 24.1 Å². The summed E-state index contributed by atoms with van der Waals surface area (Å²) in [6.45, 7) is 1.68. The maximum Gasteiger partial charge on any atom is 0.311 e. The molecule has 17 heavy (non-hydrogen) atoms. The predicted octanol–water partition coefficient (Wildman–Crippen LogP) is 2.38. The van der Waals surface area contributed by atoms with Gasteiger partial charge in [0.15, 0.2) is 5.75 Å². The molecule has 0 amide bonds. The summed E-state index contributed by atoms with van der Waals surface area (Å²) in [6, 6.07) is 4.36. The van der Waals surface area contributed by atoms with Gasteiger partial charge in [-0.3, -0.25) is 10.1 Å². The van der Waals surface area contributed by atoms with Gasteiger partial charge in [-0.25, -0.2) is 0 Å². The smallest absolute Gasteiger partial charge is 0.311 e. The predicted molar refractivity (Wildman–Crippen MR) is 64.6 cm³/mol. The van der Waals surface area contributed by atoms with E-state index in [9.17, 15) is 10.1 Å². The summed E-state index contributed by atoms with van der Waals surface area (Å²) < 4.78 is 5.64. The van der Waals surface area contributed by atoms with Crippen molar-refractivity contribution in [3.05, 3.63) is 33.3 Å². The van der Waals surface area contributed by atoms with Gasteiger partial charge in [0.1, 0.15) is 6.10 Å². The van der Waals surface area contributed by atoms with Crippen molar-refractivity contribution >= 4 is 17.3 Å². The van der Waals surface area contributed by atoms with E-state index in [0.717, 1.165) is 19.4 Å². The van der Waals surface area contributed by atoms with Crippen LogP contribution in [0.2, 0.25) is 5.02 Å². The van der Waals surface area contributed by atoms with Crippen molar-refractivity contribution in [1.82, 2.24) is 5.32 Å². The summed E-state index contributed by atoms with van der Waals surface area (Å²) in [6.07, 6.45) is 1.89. The molecule has 0 unspecified atom stereocenters. The van der Waals surface area contributed by atoms with Crippen molar-refractivity contribution in [2.45, 2.75) is 18.9 Å². The highest BCUT2D eigenvalue weighted by Gasteiger charge is 2.21. The fourth-order valence-corrected chi connectivity index (χ4v) is 2.00. The van der Waals surface area contributed by atoms with E-state index in [2.05, 4.69) is 5.32 Å². The van der Waals surface area contributed by atoms with Crippen molar-refractivity contribution < 1.29 is 9.66 Å². The van der Waals surface area contributed by atoms with Crippen LogP contribution in [0, 0.1) is 10.1 Å². The summed E-state index contributed by atoms with van der Waals surface area (Å²) in [7, 11) is 0. The minimum absolute atomic E-state index is 0.0269. The number of nitrogens with one attached hydrogen (secondary N) is 1.